The number of nitrogens with zero attached hydrogens (tertiary/aromatic N) is 3. The number of amides is 2. The van der Waals surface area contributed by atoms with E-state index in [1.807, 2.05) is 24.3 Å². The Kier molecular flexibility index (Phi) is 7.02. The SMILES string of the molecule is O=C(OC[C@@H]1CCC(=O)N1c1ccc(OC2CC(N3CCCCC3)C2)cc1)N1CCOCC1. The molecule has 0 aromatic heterocycles. The summed E-state index contributed by atoms with van der Waals surface area (Å²) in [4.78, 5) is 30.9. The Morgan fingerprint density at radius 3 is 2.45 bits per heavy atom. The van der Waals surface area contributed by atoms with E-state index in [0.717, 1.165) is 24.3 Å². The van der Waals surface area contributed by atoms with Crippen LogP contribution in [0.3, 0.4) is 0 Å². The average molecular weight is 458 g/mol. The van der Waals surface area contributed by atoms with Crippen LogP contribution in [0.25, 0.3) is 0 Å². The number of benzene rings is 1. The third-order valence-electron chi connectivity index (χ3n) is 7.39. The van der Waals surface area contributed by atoms with E-state index >= 15 is 0 Å². The lowest BCUT2D eigenvalue weighted by Crippen LogP contribution is -2.50. The molecule has 1 aromatic rings. The van der Waals surface area contributed by atoms with Crippen molar-refractivity contribution in [2.75, 3.05) is 50.9 Å². The van der Waals surface area contributed by atoms with Crippen molar-refractivity contribution >= 4 is 17.7 Å². The van der Waals surface area contributed by atoms with Gasteiger partial charge in [0.15, 0.2) is 0 Å². The number of carbonyl (C=O) groups excluding carboxylic acids is 2. The minimum absolute atomic E-state index is 0.0689. The standard InChI is InChI=1S/C25H35N3O5/c29-24-9-6-20(18-32-25(30)27-12-14-31-15-13-27)28(24)19-4-7-22(8-5-19)33-23-16-21(17-23)26-10-2-1-3-11-26/h4-5,7-8,20-21,23H,1-3,6,9-18H2/t20-,21?,23?/m0/s1. The van der Waals surface area contributed by atoms with E-state index in [4.69, 9.17) is 14.2 Å². The lowest BCUT2D eigenvalue weighted by molar-refractivity contribution is -0.117. The molecule has 8 heteroatoms. The van der Waals surface area contributed by atoms with Gasteiger partial charge in [-0.2, -0.15) is 0 Å². The first-order valence-corrected chi connectivity index (χ1v) is 12.5. The highest BCUT2D eigenvalue weighted by Crippen LogP contribution is 2.33. The van der Waals surface area contributed by atoms with Gasteiger partial charge in [-0.1, -0.05) is 6.42 Å². The van der Waals surface area contributed by atoms with Crippen LogP contribution in [0.2, 0.25) is 0 Å². The number of likely N-dealkylation sites (tertiary alicyclic amines) is 1. The summed E-state index contributed by atoms with van der Waals surface area (Å²) in [6, 6.07) is 8.33. The number of ether oxygens (including phenoxy) is 3. The normalized spacial score (nSPS) is 28.5. The van der Waals surface area contributed by atoms with Crippen LogP contribution in [0.15, 0.2) is 24.3 Å². The maximum absolute atomic E-state index is 12.6. The van der Waals surface area contributed by atoms with Crippen LogP contribution in [0.5, 0.6) is 5.75 Å². The molecule has 1 atom stereocenters. The zero-order valence-electron chi connectivity index (χ0n) is 19.3. The summed E-state index contributed by atoms with van der Waals surface area (Å²) in [6.07, 6.45) is 7.33. The second-order valence-corrected chi connectivity index (χ2v) is 9.59. The van der Waals surface area contributed by atoms with Gasteiger partial charge in [0, 0.05) is 44.1 Å². The maximum atomic E-state index is 12.6. The highest BCUT2D eigenvalue weighted by atomic mass is 16.6. The van der Waals surface area contributed by atoms with Gasteiger partial charge < -0.3 is 28.9 Å². The van der Waals surface area contributed by atoms with Crippen LogP contribution in [-0.2, 0) is 14.3 Å². The van der Waals surface area contributed by atoms with Crippen LogP contribution in [0.1, 0.15) is 44.9 Å². The van der Waals surface area contributed by atoms with Gasteiger partial charge in [-0.25, -0.2) is 4.79 Å². The lowest BCUT2D eigenvalue weighted by atomic mass is 9.86. The number of hydrogen-bond donors (Lipinski definition) is 0. The molecule has 3 saturated heterocycles. The second kappa shape index (κ2) is 10.3. The Morgan fingerprint density at radius 2 is 1.73 bits per heavy atom. The van der Waals surface area contributed by atoms with Crippen molar-refractivity contribution in [3.05, 3.63) is 24.3 Å². The fourth-order valence-electron chi connectivity index (χ4n) is 5.35. The summed E-state index contributed by atoms with van der Waals surface area (Å²) in [7, 11) is 0. The van der Waals surface area contributed by atoms with Crippen LogP contribution < -0.4 is 9.64 Å². The van der Waals surface area contributed by atoms with Gasteiger partial charge in [0.2, 0.25) is 5.91 Å². The molecule has 4 fully saturated rings. The predicted octanol–water partition coefficient (Wildman–Crippen LogP) is 3.05. The molecule has 3 heterocycles. The molecule has 8 nitrogen and oxygen atoms in total. The molecule has 1 aliphatic carbocycles. The van der Waals surface area contributed by atoms with Gasteiger partial charge in [-0.3, -0.25) is 4.79 Å². The van der Waals surface area contributed by atoms with Gasteiger partial charge in [-0.15, -0.1) is 0 Å². The molecular formula is C25H35N3O5. The molecule has 4 aliphatic rings. The van der Waals surface area contributed by atoms with E-state index in [-0.39, 0.29) is 30.8 Å². The lowest BCUT2D eigenvalue weighted by Gasteiger charge is -2.44. The fourth-order valence-corrected chi connectivity index (χ4v) is 5.35. The number of anilines is 1. The molecule has 0 unspecified atom stereocenters. The summed E-state index contributed by atoms with van der Waals surface area (Å²) >= 11 is 0. The van der Waals surface area contributed by atoms with Crippen molar-refractivity contribution in [1.82, 2.24) is 9.80 Å². The molecule has 180 valence electrons. The average Bonchev–Trinajstić information content (AvgIpc) is 3.21. The number of carbonyl (C=O) groups is 2. The van der Waals surface area contributed by atoms with Gasteiger partial charge in [0.25, 0.3) is 0 Å². The van der Waals surface area contributed by atoms with E-state index in [9.17, 15) is 9.59 Å². The molecule has 1 saturated carbocycles. The first kappa shape index (κ1) is 22.5. The van der Waals surface area contributed by atoms with Crippen LogP contribution >= 0.6 is 0 Å². The first-order chi connectivity index (χ1) is 16.2. The van der Waals surface area contributed by atoms with E-state index in [2.05, 4.69) is 4.90 Å². The van der Waals surface area contributed by atoms with Crippen LogP contribution in [-0.4, -0.2) is 86.0 Å². The Bertz CT molecular complexity index is 814. The van der Waals surface area contributed by atoms with Gasteiger partial charge in [-0.05, 0) is 56.6 Å². The highest BCUT2D eigenvalue weighted by Gasteiger charge is 2.36. The van der Waals surface area contributed by atoms with E-state index in [1.165, 1.54) is 32.4 Å². The van der Waals surface area contributed by atoms with E-state index in [0.29, 0.717) is 45.2 Å². The molecule has 0 bridgehead atoms. The zero-order valence-corrected chi connectivity index (χ0v) is 19.3. The molecular weight excluding hydrogens is 422 g/mol. The van der Waals surface area contributed by atoms with Crippen molar-refractivity contribution in [3.63, 3.8) is 0 Å². The number of morpholine rings is 1. The molecule has 0 radical (unpaired) electrons. The van der Waals surface area contributed by atoms with Gasteiger partial charge in [0.05, 0.1) is 19.3 Å². The predicted molar refractivity (Wildman–Crippen MR) is 124 cm³/mol. The second-order valence-electron chi connectivity index (χ2n) is 9.59. The summed E-state index contributed by atoms with van der Waals surface area (Å²) in [6.45, 7) is 4.85. The first-order valence-electron chi connectivity index (χ1n) is 12.5. The monoisotopic (exact) mass is 457 g/mol. The molecule has 3 aliphatic heterocycles. The molecule has 0 spiro atoms. The Hall–Kier alpha value is -2.32. The minimum atomic E-state index is -0.329. The van der Waals surface area contributed by atoms with Gasteiger partial charge >= 0.3 is 6.09 Å². The Balaban J connectivity index is 1.11. The third kappa shape index (κ3) is 5.27. The number of rotatable bonds is 6. The van der Waals surface area contributed by atoms with E-state index < -0.39 is 0 Å². The van der Waals surface area contributed by atoms with Crippen molar-refractivity contribution in [3.8, 4) is 5.75 Å². The fraction of sp³-hybridized carbons (Fsp3) is 0.680. The molecule has 5 rings (SSSR count). The highest BCUT2D eigenvalue weighted by molar-refractivity contribution is 5.96. The Morgan fingerprint density at radius 1 is 1.00 bits per heavy atom. The topological polar surface area (TPSA) is 71.6 Å². The quantitative estimate of drug-likeness (QED) is 0.654. The van der Waals surface area contributed by atoms with Crippen molar-refractivity contribution in [2.45, 2.75) is 63.1 Å². The van der Waals surface area contributed by atoms with Gasteiger partial charge in [0.1, 0.15) is 18.5 Å². The summed E-state index contributed by atoms with van der Waals surface area (Å²) in [5.41, 5.74) is 0.831. The van der Waals surface area contributed by atoms with E-state index in [1.54, 1.807) is 9.80 Å². The Labute approximate surface area is 195 Å². The van der Waals surface area contributed by atoms with Crippen molar-refractivity contribution in [2.24, 2.45) is 0 Å². The zero-order chi connectivity index (χ0) is 22.6. The summed E-state index contributed by atoms with van der Waals surface area (Å²) in [5, 5.41) is 0. The number of hydrogen-bond acceptors (Lipinski definition) is 6. The van der Waals surface area contributed by atoms with Crippen molar-refractivity contribution < 1.29 is 23.8 Å². The smallest absolute Gasteiger partial charge is 0.409 e. The number of piperidine rings is 1. The summed E-state index contributed by atoms with van der Waals surface area (Å²) in [5.74, 6) is 0.919. The molecule has 0 N–H and O–H groups in total. The maximum Gasteiger partial charge on any atom is 0.409 e. The minimum Gasteiger partial charge on any atom is -0.490 e. The van der Waals surface area contributed by atoms with Crippen LogP contribution in [0.4, 0.5) is 10.5 Å². The molecule has 33 heavy (non-hydrogen) atoms. The third-order valence-corrected chi connectivity index (χ3v) is 7.39. The molecule has 1 aromatic carbocycles. The molecule has 2 amide bonds. The summed E-state index contributed by atoms with van der Waals surface area (Å²) < 4.78 is 17.0. The van der Waals surface area contributed by atoms with Crippen molar-refractivity contribution in [1.29, 1.82) is 0 Å². The largest absolute Gasteiger partial charge is 0.490 e. The van der Waals surface area contributed by atoms with Crippen LogP contribution in [0, 0.1) is 0 Å².